The molecule has 0 aromatic heterocycles. The number of ether oxygens (including phenoxy) is 1. The van der Waals surface area contributed by atoms with Crippen LogP contribution in [0, 0.1) is 0 Å². The number of carboxylic acid groups (broad SMARTS) is 1. The van der Waals surface area contributed by atoms with Gasteiger partial charge in [-0.25, -0.2) is 0 Å². The second kappa shape index (κ2) is 6.69. The predicted octanol–water partition coefficient (Wildman–Crippen LogP) is 2.53. The van der Waals surface area contributed by atoms with Crippen molar-refractivity contribution < 1.29 is 19.4 Å². The van der Waals surface area contributed by atoms with Crippen molar-refractivity contribution in [1.29, 1.82) is 0 Å². The topological polar surface area (TPSA) is 66.8 Å². The van der Waals surface area contributed by atoms with Gasteiger partial charge in [0.05, 0.1) is 19.1 Å². The second-order valence-electron chi connectivity index (χ2n) is 4.50. The third-order valence-corrected chi connectivity index (χ3v) is 3.85. The summed E-state index contributed by atoms with van der Waals surface area (Å²) >= 11 is 6.69. The maximum atomic E-state index is 12.4. The molecule has 1 aromatic rings. The lowest BCUT2D eigenvalue weighted by molar-refractivity contribution is -0.141. The number of rotatable bonds is 3. The fourth-order valence-corrected chi connectivity index (χ4v) is 3.38. The number of carbonyl (C=O) groups is 2. The van der Waals surface area contributed by atoms with Crippen LogP contribution in [0.5, 0.6) is 0 Å². The molecule has 1 unspecified atom stereocenters. The number of nitrogens with zero attached hydrogens (tertiary/aromatic N) is 1. The lowest BCUT2D eigenvalue weighted by Gasteiger charge is -2.32. The molecule has 20 heavy (non-hydrogen) atoms. The van der Waals surface area contributed by atoms with Crippen LogP contribution >= 0.6 is 31.9 Å². The van der Waals surface area contributed by atoms with Crippen molar-refractivity contribution in [3.8, 4) is 0 Å². The second-order valence-corrected chi connectivity index (χ2v) is 6.33. The van der Waals surface area contributed by atoms with Crippen molar-refractivity contribution in [2.45, 2.75) is 12.5 Å². The molecule has 1 amide bonds. The van der Waals surface area contributed by atoms with E-state index in [2.05, 4.69) is 31.9 Å². The Morgan fingerprint density at radius 1 is 1.30 bits per heavy atom. The van der Waals surface area contributed by atoms with Crippen LogP contribution in [0.4, 0.5) is 0 Å². The predicted molar refractivity (Wildman–Crippen MR) is 79.7 cm³/mol. The molecule has 0 saturated carbocycles. The van der Waals surface area contributed by atoms with Crippen molar-refractivity contribution in [3.63, 3.8) is 0 Å². The molecular weight excluding hydrogens is 394 g/mol. The Bertz CT molecular complexity index is 515. The van der Waals surface area contributed by atoms with Crippen LogP contribution in [0.1, 0.15) is 16.8 Å². The molecule has 1 heterocycles. The van der Waals surface area contributed by atoms with Gasteiger partial charge in [0.25, 0.3) is 5.91 Å². The molecule has 2 rings (SSSR count). The zero-order valence-corrected chi connectivity index (χ0v) is 13.7. The number of morpholine rings is 1. The van der Waals surface area contributed by atoms with Crippen molar-refractivity contribution in [2.75, 3.05) is 19.7 Å². The Balaban J connectivity index is 2.10. The highest BCUT2D eigenvalue weighted by Gasteiger charge is 2.26. The third kappa shape index (κ3) is 4.04. The van der Waals surface area contributed by atoms with Crippen LogP contribution in [-0.2, 0) is 9.53 Å². The molecule has 1 aliphatic rings. The quantitative estimate of drug-likeness (QED) is 0.837. The number of hydrogen-bond acceptors (Lipinski definition) is 3. The van der Waals surface area contributed by atoms with Gasteiger partial charge in [-0.1, -0.05) is 31.9 Å². The number of aliphatic carboxylic acids is 1. The van der Waals surface area contributed by atoms with E-state index < -0.39 is 12.1 Å². The van der Waals surface area contributed by atoms with Gasteiger partial charge in [0.2, 0.25) is 0 Å². The van der Waals surface area contributed by atoms with Crippen LogP contribution in [0.15, 0.2) is 27.1 Å². The smallest absolute Gasteiger partial charge is 0.306 e. The third-order valence-electron chi connectivity index (χ3n) is 2.94. The summed E-state index contributed by atoms with van der Waals surface area (Å²) in [6.45, 7) is 1.13. The first kappa shape index (κ1) is 15.5. The van der Waals surface area contributed by atoms with Gasteiger partial charge in [-0.15, -0.1) is 0 Å². The molecule has 0 spiro atoms. The first-order chi connectivity index (χ1) is 9.45. The summed E-state index contributed by atoms with van der Waals surface area (Å²) in [7, 11) is 0. The van der Waals surface area contributed by atoms with Crippen LogP contribution in [0.2, 0.25) is 0 Å². The van der Waals surface area contributed by atoms with E-state index in [0.717, 1.165) is 8.95 Å². The number of carboxylic acids is 1. The van der Waals surface area contributed by atoms with E-state index in [9.17, 15) is 9.59 Å². The van der Waals surface area contributed by atoms with Gasteiger partial charge < -0.3 is 14.7 Å². The molecule has 5 nitrogen and oxygen atoms in total. The zero-order valence-electron chi connectivity index (χ0n) is 10.5. The van der Waals surface area contributed by atoms with Crippen LogP contribution in [0.3, 0.4) is 0 Å². The highest BCUT2D eigenvalue weighted by molar-refractivity contribution is 9.11. The minimum absolute atomic E-state index is 0.0913. The molecule has 1 aliphatic heterocycles. The van der Waals surface area contributed by atoms with Crippen molar-refractivity contribution >= 4 is 43.7 Å². The summed E-state index contributed by atoms with van der Waals surface area (Å²) in [5, 5.41) is 8.78. The SMILES string of the molecule is O=C(O)CC1CN(C(=O)c2cc(Br)cc(Br)c2)CCO1. The summed E-state index contributed by atoms with van der Waals surface area (Å²) in [5.74, 6) is -1.04. The van der Waals surface area contributed by atoms with Crippen molar-refractivity contribution in [2.24, 2.45) is 0 Å². The van der Waals surface area contributed by atoms with Gasteiger partial charge >= 0.3 is 5.97 Å². The number of amides is 1. The summed E-state index contributed by atoms with van der Waals surface area (Å²) in [5.41, 5.74) is 0.558. The molecule has 1 aromatic carbocycles. The first-order valence-corrected chi connectivity index (χ1v) is 7.63. The minimum atomic E-state index is -0.922. The van der Waals surface area contributed by atoms with Crippen molar-refractivity contribution in [1.82, 2.24) is 4.90 Å². The van der Waals surface area contributed by atoms with E-state index in [1.807, 2.05) is 6.07 Å². The molecule has 0 radical (unpaired) electrons. The maximum absolute atomic E-state index is 12.4. The van der Waals surface area contributed by atoms with Crippen LogP contribution < -0.4 is 0 Å². The van der Waals surface area contributed by atoms with E-state index in [4.69, 9.17) is 9.84 Å². The average molecular weight is 407 g/mol. The largest absolute Gasteiger partial charge is 0.481 e. The van der Waals surface area contributed by atoms with E-state index in [1.165, 1.54) is 0 Å². The summed E-state index contributed by atoms with van der Waals surface area (Å²) in [6, 6.07) is 5.34. The number of halogens is 2. The highest BCUT2D eigenvalue weighted by Crippen LogP contribution is 2.22. The molecular formula is C13H13Br2NO4. The molecule has 108 valence electrons. The molecule has 0 aliphatic carbocycles. The Hall–Kier alpha value is -0.920. The van der Waals surface area contributed by atoms with E-state index >= 15 is 0 Å². The lowest BCUT2D eigenvalue weighted by atomic mass is 10.1. The molecule has 1 fully saturated rings. The van der Waals surface area contributed by atoms with Gasteiger partial charge in [-0.3, -0.25) is 9.59 Å². The highest BCUT2D eigenvalue weighted by atomic mass is 79.9. The standard InChI is InChI=1S/C13H13Br2NO4/c14-9-3-8(4-10(15)5-9)13(19)16-1-2-20-11(7-16)6-12(17)18/h3-5,11H,1-2,6-7H2,(H,17,18). The monoisotopic (exact) mass is 405 g/mol. The molecule has 1 N–H and O–H groups in total. The normalized spacial score (nSPS) is 18.9. The summed E-state index contributed by atoms with van der Waals surface area (Å²) in [6.07, 6.45) is -0.535. The number of hydrogen-bond donors (Lipinski definition) is 1. The van der Waals surface area contributed by atoms with Gasteiger partial charge in [0.1, 0.15) is 0 Å². The fourth-order valence-electron chi connectivity index (χ4n) is 2.08. The lowest BCUT2D eigenvalue weighted by Crippen LogP contribution is -2.46. The Morgan fingerprint density at radius 3 is 2.55 bits per heavy atom. The Labute approximate surface area is 133 Å². The van der Waals surface area contributed by atoms with Gasteiger partial charge in [-0.05, 0) is 18.2 Å². The average Bonchev–Trinajstić information content (AvgIpc) is 2.36. The molecule has 1 saturated heterocycles. The minimum Gasteiger partial charge on any atom is -0.481 e. The number of benzene rings is 1. The summed E-state index contributed by atoms with van der Waals surface area (Å²) in [4.78, 5) is 24.8. The van der Waals surface area contributed by atoms with Gasteiger partial charge in [-0.2, -0.15) is 0 Å². The number of carbonyl (C=O) groups excluding carboxylic acids is 1. The summed E-state index contributed by atoms with van der Waals surface area (Å²) < 4.78 is 6.98. The first-order valence-electron chi connectivity index (χ1n) is 6.04. The van der Waals surface area contributed by atoms with Crippen molar-refractivity contribution in [3.05, 3.63) is 32.7 Å². The van der Waals surface area contributed by atoms with E-state index in [0.29, 0.717) is 25.3 Å². The van der Waals surface area contributed by atoms with Crippen LogP contribution in [-0.4, -0.2) is 47.7 Å². The maximum Gasteiger partial charge on any atom is 0.306 e. The molecule has 7 heteroatoms. The van der Waals surface area contributed by atoms with Gasteiger partial charge in [0, 0.05) is 27.6 Å². The Kier molecular flexibility index (Phi) is 5.17. The molecule has 0 bridgehead atoms. The van der Waals surface area contributed by atoms with Gasteiger partial charge in [0.15, 0.2) is 0 Å². The zero-order chi connectivity index (χ0) is 14.7. The Morgan fingerprint density at radius 2 is 1.95 bits per heavy atom. The fraction of sp³-hybridized carbons (Fsp3) is 0.385. The van der Waals surface area contributed by atoms with Crippen LogP contribution in [0.25, 0.3) is 0 Å². The molecule has 1 atom stereocenters. The van der Waals surface area contributed by atoms with E-state index in [-0.39, 0.29) is 12.3 Å². The van der Waals surface area contributed by atoms with E-state index in [1.54, 1.807) is 17.0 Å².